The van der Waals surface area contributed by atoms with Crippen molar-refractivity contribution in [2.24, 2.45) is 0 Å². The fourth-order valence-electron chi connectivity index (χ4n) is 10.1. The molecule has 13 aromatic rings. The van der Waals surface area contributed by atoms with Crippen LogP contribution in [0.3, 0.4) is 0 Å². The van der Waals surface area contributed by atoms with Gasteiger partial charge in [-0.05, 0) is 122 Å². The van der Waals surface area contributed by atoms with E-state index in [1.54, 1.807) is 0 Å². The summed E-state index contributed by atoms with van der Waals surface area (Å²) in [4.78, 5) is 2.38. The van der Waals surface area contributed by atoms with Crippen molar-refractivity contribution in [3.05, 3.63) is 231 Å². The highest BCUT2D eigenvalue weighted by Gasteiger charge is 2.24. The molecule has 0 amide bonds. The molecule has 63 heavy (non-hydrogen) atoms. The molecule has 0 atom stereocenters. The van der Waals surface area contributed by atoms with Crippen molar-refractivity contribution in [2.45, 2.75) is 0 Å². The monoisotopic (exact) mass is 802 g/mol. The third kappa shape index (κ3) is 5.60. The number of hydrogen-bond donors (Lipinski definition) is 0. The molecule has 294 valence electrons. The number of furan rings is 1. The molecule has 3 heteroatoms. The van der Waals surface area contributed by atoms with Crippen LogP contribution in [-0.4, -0.2) is 4.57 Å². The van der Waals surface area contributed by atoms with Crippen molar-refractivity contribution in [3.63, 3.8) is 0 Å². The second kappa shape index (κ2) is 14.1. The smallest absolute Gasteiger partial charge is 0.138 e. The molecule has 0 spiro atoms. The average molecular weight is 803 g/mol. The third-order valence-corrected chi connectivity index (χ3v) is 12.9. The van der Waals surface area contributed by atoms with Gasteiger partial charge < -0.3 is 13.9 Å². The van der Waals surface area contributed by atoms with Crippen LogP contribution in [0.25, 0.3) is 104 Å². The van der Waals surface area contributed by atoms with E-state index in [1.807, 2.05) is 0 Å². The van der Waals surface area contributed by atoms with E-state index in [-0.39, 0.29) is 0 Å². The quantitative estimate of drug-likeness (QED) is 0.156. The van der Waals surface area contributed by atoms with E-state index in [2.05, 4.69) is 240 Å². The van der Waals surface area contributed by atoms with Gasteiger partial charge in [-0.1, -0.05) is 152 Å². The van der Waals surface area contributed by atoms with E-state index in [0.29, 0.717) is 0 Å². The first kappa shape index (κ1) is 35.4. The highest BCUT2D eigenvalue weighted by Crippen LogP contribution is 2.48. The van der Waals surface area contributed by atoms with Gasteiger partial charge in [-0.15, -0.1) is 0 Å². The standard InChI is InChI=1S/C60H38N2O/c1-3-18-44(19-4-1)61(46-31-29-40(30-32-46)52-36-42-17-9-10-22-48(42)49-23-11-12-24-50(49)52)47-33-34-54-53(37-47)59-55(62(54)45-20-5-2-6-21-45)38-57-60(51-25-13-14-26-56(51)63-57)58(59)43-28-27-39-15-7-8-16-41(39)35-43/h1-38H. The second-order valence-corrected chi connectivity index (χ2v) is 16.5. The van der Waals surface area contributed by atoms with E-state index in [4.69, 9.17) is 4.42 Å². The van der Waals surface area contributed by atoms with Crippen molar-refractivity contribution in [2.75, 3.05) is 4.90 Å². The molecule has 0 unspecified atom stereocenters. The molecular formula is C60H38N2O. The van der Waals surface area contributed by atoms with Gasteiger partial charge in [0.05, 0.1) is 11.0 Å². The Morgan fingerprint density at radius 3 is 1.76 bits per heavy atom. The van der Waals surface area contributed by atoms with E-state index in [9.17, 15) is 0 Å². The predicted octanol–water partition coefficient (Wildman–Crippen LogP) is 16.9. The van der Waals surface area contributed by atoms with Crippen LogP contribution < -0.4 is 4.90 Å². The molecule has 2 heterocycles. The van der Waals surface area contributed by atoms with Crippen molar-refractivity contribution in [3.8, 4) is 27.9 Å². The van der Waals surface area contributed by atoms with Gasteiger partial charge in [-0.25, -0.2) is 0 Å². The first-order valence-corrected chi connectivity index (χ1v) is 21.6. The van der Waals surface area contributed by atoms with Crippen LogP contribution in [0.4, 0.5) is 17.1 Å². The fraction of sp³-hybridized carbons (Fsp3) is 0. The Hall–Kier alpha value is -8.40. The van der Waals surface area contributed by atoms with Crippen molar-refractivity contribution in [1.29, 1.82) is 0 Å². The Bertz CT molecular complexity index is 3900. The van der Waals surface area contributed by atoms with Crippen LogP contribution >= 0.6 is 0 Å². The van der Waals surface area contributed by atoms with Crippen LogP contribution in [0.1, 0.15) is 0 Å². The number of benzene rings is 11. The maximum absolute atomic E-state index is 6.74. The zero-order valence-electron chi connectivity index (χ0n) is 34.2. The first-order valence-electron chi connectivity index (χ1n) is 21.6. The molecular weight excluding hydrogens is 765 g/mol. The van der Waals surface area contributed by atoms with E-state index in [0.717, 1.165) is 61.3 Å². The Balaban J connectivity index is 1.07. The summed E-state index contributed by atoms with van der Waals surface area (Å²) in [7, 11) is 0. The Morgan fingerprint density at radius 2 is 0.952 bits per heavy atom. The van der Waals surface area contributed by atoms with Gasteiger partial charge in [0.1, 0.15) is 11.2 Å². The van der Waals surface area contributed by atoms with Crippen LogP contribution in [0.2, 0.25) is 0 Å². The third-order valence-electron chi connectivity index (χ3n) is 12.9. The minimum absolute atomic E-state index is 0.872. The van der Waals surface area contributed by atoms with Gasteiger partial charge in [-0.2, -0.15) is 0 Å². The van der Waals surface area contributed by atoms with Gasteiger partial charge in [0, 0.05) is 55.9 Å². The summed E-state index contributed by atoms with van der Waals surface area (Å²) >= 11 is 0. The molecule has 0 radical (unpaired) electrons. The maximum atomic E-state index is 6.74. The van der Waals surface area contributed by atoms with Crippen LogP contribution in [-0.2, 0) is 0 Å². The lowest BCUT2D eigenvalue weighted by Crippen LogP contribution is -2.09. The average Bonchev–Trinajstić information content (AvgIpc) is 3.89. The molecule has 13 rings (SSSR count). The van der Waals surface area contributed by atoms with E-state index in [1.165, 1.54) is 59.8 Å². The lowest BCUT2D eigenvalue weighted by molar-refractivity contribution is 0.669. The lowest BCUT2D eigenvalue weighted by atomic mass is 9.92. The van der Waals surface area contributed by atoms with Gasteiger partial charge in [0.25, 0.3) is 0 Å². The molecule has 0 fully saturated rings. The summed E-state index contributed by atoms with van der Waals surface area (Å²) in [6.07, 6.45) is 0. The number of fused-ring (bicyclic) bond motifs is 10. The Kier molecular flexibility index (Phi) is 7.91. The minimum atomic E-state index is 0.872. The fourth-order valence-corrected chi connectivity index (χ4v) is 10.1. The maximum Gasteiger partial charge on any atom is 0.138 e. The highest BCUT2D eigenvalue weighted by atomic mass is 16.3. The first-order chi connectivity index (χ1) is 31.2. The van der Waals surface area contributed by atoms with Gasteiger partial charge >= 0.3 is 0 Å². The van der Waals surface area contributed by atoms with Gasteiger partial charge in [-0.3, -0.25) is 0 Å². The topological polar surface area (TPSA) is 21.3 Å². The largest absolute Gasteiger partial charge is 0.456 e. The summed E-state index contributed by atoms with van der Waals surface area (Å²) in [6.45, 7) is 0. The molecule has 0 aliphatic carbocycles. The van der Waals surface area contributed by atoms with Crippen molar-refractivity contribution >= 4 is 93.1 Å². The number of aromatic nitrogens is 1. The zero-order chi connectivity index (χ0) is 41.4. The minimum Gasteiger partial charge on any atom is -0.456 e. The Labute approximate surface area is 363 Å². The number of para-hydroxylation sites is 3. The van der Waals surface area contributed by atoms with E-state index >= 15 is 0 Å². The number of hydrogen-bond acceptors (Lipinski definition) is 2. The molecule has 11 aromatic carbocycles. The molecule has 0 aliphatic rings. The molecule has 0 saturated heterocycles. The normalized spacial score (nSPS) is 11.8. The molecule has 2 aromatic heterocycles. The molecule has 0 aliphatic heterocycles. The summed E-state index contributed by atoms with van der Waals surface area (Å²) in [5.74, 6) is 0. The van der Waals surface area contributed by atoms with Gasteiger partial charge in [0.15, 0.2) is 0 Å². The van der Waals surface area contributed by atoms with Crippen LogP contribution in [0.5, 0.6) is 0 Å². The highest BCUT2D eigenvalue weighted by molar-refractivity contribution is 6.27. The zero-order valence-corrected chi connectivity index (χ0v) is 34.2. The number of nitrogens with zero attached hydrogens (tertiary/aromatic N) is 2. The van der Waals surface area contributed by atoms with Crippen LogP contribution in [0.15, 0.2) is 235 Å². The summed E-state index contributed by atoms with van der Waals surface area (Å²) in [5.41, 5.74) is 13.1. The molecule has 0 saturated carbocycles. The van der Waals surface area contributed by atoms with Gasteiger partial charge in [0.2, 0.25) is 0 Å². The predicted molar refractivity (Wildman–Crippen MR) is 266 cm³/mol. The SMILES string of the molecule is c1ccc(N(c2ccc(-c3cc4ccccc4c4ccccc34)cc2)c2ccc3c(c2)c2c(-c4ccc5ccccc5c4)c4c(cc2n3-c2ccccc2)oc2ccccc24)cc1. The summed E-state index contributed by atoms with van der Waals surface area (Å²) in [6, 6.07) is 83.5. The second-order valence-electron chi connectivity index (χ2n) is 16.5. The van der Waals surface area contributed by atoms with Crippen LogP contribution in [0, 0.1) is 0 Å². The van der Waals surface area contributed by atoms with Crippen molar-refractivity contribution in [1.82, 2.24) is 4.57 Å². The summed E-state index contributed by atoms with van der Waals surface area (Å²) < 4.78 is 9.14. The number of rotatable bonds is 6. The molecule has 3 nitrogen and oxygen atoms in total. The van der Waals surface area contributed by atoms with E-state index < -0.39 is 0 Å². The molecule has 0 N–H and O–H groups in total. The number of anilines is 3. The van der Waals surface area contributed by atoms with Crippen molar-refractivity contribution < 1.29 is 4.42 Å². The summed E-state index contributed by atoms with van der Waals surface area (Å²) in [5, 5.41) is 12.1. The Morgan fingerprint density at radius 1 is 0.333 bits per heavy atom. The lowest BCUT2D eigenvalue weighted by Gasteiger charge is -2.26. The molecule has 0 bridgehead atoms.